The zero-order valence-corrected chi connectivity index (χ0v) is 10.6. The lowest BCUT2D eigenvalue weighted by molar-refractivity contribution is -0.128. The van der Waals surface area contributed by atoms with Gasteiger partial charge in [-0.25, -0.2) is 0 Å². The number of hydrogen-bond acceptors (Lipinski definition) is 4. The zero-order chi connectivity index (χ0) is 12.8. The van der Waals surface area contributed by atoms with Crippen LogP contribution in [0.2, 0.25) is 0 Å². The summed E-state index contributed by atoms with van der Waals surface area (Å²) in [5.74, 6) is 1.27. The third-order valence-electron chi connectivity index (χ3n) is 2.59. The van der Waals surface area contributed by atoms with Crippen molar-refractivity contribution in [3.8, 4) is 11.5 Å². The first-order chi connectivity index (χ1) is 8.17. The van der Waals surface area contributed by atoms with Crippen LogP contribution in [0, 0.1) is 0 Å². The number of rotatable bonds is 6. The van der Waals surface area contributed by atoms with E-state index in [-0.39, 0.29) is 5.78 Å². The molecule has 1 unspecified atom stereocenters. The molecule has 1 aromatic rings. The number of carbonyl (C=O) groups excluding carboxylic acids is 1. The summed E-state index contributed by atoms with van der Waals surface area (Å²) in [5.41, 5.74) is 0.775. The van der Waals surface area contributed by atoms with Crippen LogP contribution in [0.15, 0.2) is 18.2 Å². The van der Waals surface area contributed by atoms with E-state index in [2.05, 4.69) is 0 Å². The Hall–Kier alpha value is -1.55. The molecule has 4 nitrogen and oxygen atoms in total. The van der Waals surface area contributed by atoms with E-state index >= 15 is 0 Å². The lowest BCUT2D eigenvalue weighted by Gasteiger charge is -2.16. The summed E-state index contributed by atoms with van der Waals surface area (Å²) >= 11 is 0. The van der Waals surface area contributed by atoms with Crippen LogP contribution in [0.4, 0.5) is 0 Å². The van der Waals surface area contributed by atoms with E-state index in [0.717, 1.165) is 5.56 Å². The van der Waals surface area contributed by atoms with Gasteiger partial charge < -0.3 is 14.2 Å². The van der Waals surface area contributed by atoms with E-state index in [1.165, 1.54) is 7.11 Å². The van der Waals surface area contributed by atoms with Crippen molar-refractivity contribution in [3.05, 3.63) is 23.8 Å². The second-order valence-electron chi connectivity index (χ2n) is 3.55. The molecule has 17 heavy (non-hydrogen) atoms. The topological polar surface area (TPSA) is 44.8 Å². The van der Waals surface area contributed by atoms with Crippen molar-refractivity contribution in [1.82, 2.24) is 0 Å². The van der Waals surface area contributed by atoms with Gasteiger partial charge in [-0.1, -0.05) is 13.0 Å². The van der Waals surface area contributed by atoms with E-state index in [1.807, 2.05) is 13.0 Å². The van der Waals surface area contributed by atoms with Gasteiger partial charge in [0.25, 0.3) is 0 Å². The molecular weight excluding hydrogens is 220 g/mol. The Morgan fingerprint density at radius 2 is 1.82 bits per heavy atom. The molecular formula is C13H18O4. The Labute approximate surface area is 101 Å². The molecule has 0 saturated heterocycles. The maximum absolute atomic E-state index is 11.7. The van der Waals surface area contributed by atoms with Gasteiger partial charge >= 0.3 is 0 Å². The molecule has 1 aromatic carbocycles. The molecule has 0 aliphatic heterocycles. The molecule has 0 amide bonds. The van der Waals surface area contributed by atoms with Crippen molar-refractivity contribution in [3.63, 3.8) is 0 Å². The highest BCUT2D eigenvalue weighted by atomic mass is 16.5. The van der Waals surface area contributed by atoms with Gasteiger partial charge in [-0.05, 0) is 17.7 Å². The van der Waals surface area contributed by atoms with Crippen LogP contribution in [0.3, 0.4) is 0 Å². The summed E-state index contributed by atoms with van der Waals surface area (Å²) in [7, 11) is 4.66. The number of ether oxygens (including phenoxy) is 3. The van der Waals surface area contributed by atoms with E-state index in [1.54, 1.807) is 26.4 Å². The molecule has 0 radical (unpaired) electrons. The lowest BCUT2D eigenvalue weighted by Crippen LogP contribution is -2.13. The van der Waals surface area contributed by atoms with E-state index in [0.29, 0.717) is 17.9 Å². The highest BCUT2D eigenvalue weighted by Gasteiger charge is 2.19. The van der Waals surface area contributed by atoms with Crippen molar-refractivity contribution < 1.29 is 19.0 Å². The van der Waals surface area contributed by atoms with Crippen LogP contribution in [0.25, 0.3) is 0 Å². The van der Waals surface area contributed by atoms with Crippen molar-refractivity contribution >= 4 is 5.78 Å². The number of methoxy groups -OCH3 is 3. The van der Waals surface area contributed by atoms with Gasteiger partial charge in [0.2, 0.25) is 0 Å². The standard InChI is InChI=1S/C13H18O4/c1-5-10(14)13(17-4)9-6-7-11(15-2)12(8-9)16-3/h6-8,13H,5H2,1-4H3. The van der Waals surface area contributed by atoms with Gasteiger partial charge in [0, 0.05) is 13.5 Å². The predicted molar refractivity (Wildman–Crippen MR) is 64.6 cm³/mol. The second kappa shape index (κ2) is 6.25. The van der Waals surface area contributed by atoms with E-state index < -0.39 is 6.10 Å². The van der Waals surface area contributed by atoms with Crippen molar-refractivity contribution in [1.29, 1.82) is 0 Å². The highest BCUT2D eigenvalue weighted by molar-refractivity contribution is 5.84. The summed E-state index contributed by atoms with van der Waals surface area (Å²) in [6, 6.07) is 5.34. The molecule has 0 spiro atoms. The van der Waals surface area contributed by atoms with Crippen LogP contribution in [0.5, 0.6) is 11.5 Å². The fourth-order valence-corrected chi connectivity index (χ4v) is 1.65. The minimum absolute atomic E-state index is 0.0414. The summed E-state index contributed by atoms with van der Waals surface area (Å²) in [5, 5.41) is 0. The number of carbonyl (C=O) groups is 1. The largest absolute Gasteiger partial charge is 0.493 e. The molecule has 0 aliphatic rings. The Balaban J connectivity index is 3.09. The minimum atomic E-state index is -0.542. The average Bonchev–Trinajstić information content (AvgIpc) is 2.38. The van der Waals surface area contributed by atoms with Crippen LogP contribution in [-0.2, 0) is 9.53 Å². The minimum Gasteiger partial charge on any atom is -0.493 e. The Morgan fingerprint density at radius 1 is 1.18 bits per heavy atom. The maximum Gasteiger partial charge on any atom is 0.165 e. The van der Waals surface area contributed by atoms with Crippen LogP contribution in [-0.4, -0.2) is 27.1 Å². The zero-order valence-electron chi connectivity index (χ0n) is 10.6. The first-order valence-electron chi connectivity index (χ1n) is 5.45. The molecule has 0 fully saturated rings. The maximum atomic E-state index is 11.7. The summed E-state index contributed by atoms with van der Waals surface area (Å²) in [6.45, 7) is 1.81. The fourth-order valence-electron chi connectivity index (χ4n) is 1.65. The van der Waals surface area contributed by atoms with Gasteiger partial charge in [-0.15, -0.1) is 0 Å². The molecule has 0 aromatic heterocycles. The van der Waals surface area contributed by atoms with Crippen LogP contribution < -0.4 is 9.47 Å². The van der Waals surface area contributed by atoms with Crippen LogP contribution >= 0.6 is 0 Å². The van der Waals surface area contributed by atoms with Gasteiger partial charge in [-0.2, -0.15) is 0 Å². The number of benzene rings is 1. The Morgan fingerprint density at radius 3 is 2.29 bits per heavy atom. The molecule has 0 aliphatic carbocycles. The SMILES string of the molecule is CCC(=O)C(OC)c1ccc(OC)c(OC)c1. The number of ketones is 1. The molecule has 0 N–H and O–H groups in total. The highest BCUT2D eigenvalue weighted by Crippen LogP contribution is 2.31. The monoisotopic (exact) mass is 238 g/mol. The Bertz CT molecular complexity index is 387. The molecule has 0 saturated carbocycles. The van der Waals surface area contributed by atoms with E-state index in [9.17, 15) is 4.79 Å². The third kappa shape index (κ3) is 2.97. The summed E-state index contributed by atoms with van der Waals surface area (Å²) in [4.78, 5) is 11.7. The van der Waals surface area contributed by atoms with Crippen molar-refractivity contribution in [2.75, 3.05) is 21.3 Å². The average molecular weight is 238 g/mol. The normalized spacial score (nSPS) is 12.0. The first-order valence-corrected chi connectivity index (χ1v) is 5.45. The van der Waals surface area contributed by atoms with Gasteiger partial charge in [0.05, 0.1) is 14.2 Å². The molecule has 0 bridgehead atoms. The Kier molecular flexibility index (Phi) is 4.97. The van der Waals surface area contributed by atoms with Gasteiger partial charge in [0.15, 0.2) is 17.3 Å². The fraction of sp³-hybridized carbons (Fsp3) is 0.462. The van der Waals surface area contributed by atoms with Gasteiger partial charge in [-0.3, -0.25) is 4.79 Å². The second-order valence-corrected chi connectivity index (χ2v) is 3.55. The van der Waals surface area contributed by atoms with Gasteiger partial charge in [0.1, 0.15) is 6.10 Å². The predicted octanol–water partition coefficient (Wildman–Crippen LogP) is 2.37. The summed E-state index contributed by atoms with van der Waals surface area (Å²) < 4.78 is 15.5. The third-order valence-corrected chi connectivity index (χ3v) is 2.59. The molecule has 94 valence electrons. The lowest BCUT2D eigenvalue weighted by atomic mass is 10.0. The van der Waals surface area contributed by atoms with Crippen LogP contribution in [0.1, 0.15) is 25.0 Å². The quantitative estimate of drug-likeness (QED) is 0.763. The number of Topliss-reactive ketones (excluding diaryl/α,β-unsaturated/α-hetero) is 1. The molecule has 4 heteroatoms. The molecule has 1 rings (SSSR count). The smallest absolute Gasteiger partial charge is 0.165 e. The van der Waals surface area contributed by atoms with Crippen molar-refractivity contribution in [2.24, 2.45) is 0 Å². The van der Waals surface area contributed by atoms with E-state index in [4.69, 9.17) is 14.2 Å². The molecule has 0 heterocycles. The van der Waals surface area contributed by atoms with Crippen molar-refractivity contribution in [2.45, 2.75) is 19.4 Å². The number of hydrogen-bond donors (Lipinski definition) is 0. The summed E-state index contributed by atoms with van der Waals surface area (Å²) in [6.07, 6.45) is -0.104. The molecule has 1 atom stereocenters. The first kappa shape index (κ1) is 13.5.